The van der Waals surface area contributed by atoms with E-state index in [4.69, 9.17) is 4.74 Å². The van der Waals surface area contributed by atoms with Crippen LogP contribution in [0.2, 0.25) is 0 Å². The number of carbonyl (C=O) groups excluding carboxylic acids is 2. The number of methoxy groups -OCH3 is 1. The second-order valence-electron chi connectivity index (χ2n) is 5.20. The molecule has 1 atom stereocenters. The standard InChI is InChI=1S/C18H18BrNO3S/c1-11-8-9-13(10-15(11)19)20-17(21)14-6-4-5-7-16(14)24-12(2)18(22)23-3/h4-10,12H,1-3H3,(H,20,21). The minimum atomic E-state index is -0.391. The number of ether oxygens (including phenoxy) is 1. The Morgan fingerprint density at radius 3 is 2.58 bits per heavy atom. The van der Waals surface area contributed by atoms with Gasteiger partial charge >= 0.3 is 5.97 Å². The average Bonchev–Trinajstić information content (AvgIpc) is 2.57. The Balaban J connectivity index is 2.20. The molecule has 1 amide bonds. The molecule has 1 unspecified atom stereocenters. The van der Waals surface area contributed by atoms with Gasteiger partial charge in [-0.05, 0) is 43.7 Å². The zero-order valence-electron chi connectivity index (χ0n) is 13.6. The van der Waals surface area contributed by atoms with E-state index in [0.29, 0.717) is 11.3 Å². The summed E-state index contributed by atoms with van der Waals surface area (Å²) in [5.41, 5.74) is 2.32. The fraction of sp³-hybridized carbons (Fsp3) is 0.222. The molecule has 0 bridgehead atoms. The van der Waals surface area contributed by atoms with Crippen LogP contribution in [0.1, 0.15) is 22.8 Å². The zero-order valence-corrected chi connectivity index (χ0v) is 16.0. The van der Waals surface area contributed by atoms with Crippen LogP contribution in [-0.4, -0.2) is 24.2 Å². The topological polar surface area (TPSA) is 55.4 Å². The summed E-state index contributed by atoms with van der Waals surface area (Å²) >= 11 is 4.76. The van der Waals surface area contributed by atoms with Crippen molar-refractivity contribution in [2.45, 2.75) is 24.0 Å². The van der Waals surface area contributed by atoms with Crippen LogP contribution in [0.4, 0.5) is 5.69 Å². The lowest BCUT2D eigenvalue weighted by Crippen LogP contribution is -2.17. The quantitative estimate of drug-likeness (QED) is 0.578. The van der Waals surface area contributed by atoms with Gasteiger partial charge in [-0.2, -0.15) is 0 Å². The van der Waals surface area contributed by atoms with E-state index in [9.17, 15) is 9.59 Å². The van der Waals surface area contributed by atoms with Crippen LogP contribution in [-0.2, 0) is 9.53 Å². The van der Waals surface area contributed by atoms with E-state index in [1.165, 1.54) is 18.9 Å². The third kappa shape index (κ3) is 4.61. The van der Waals surface area contributed by atoms with Gasteiger partial charge in [0, 0.05) is 15.1 Å². The fourth-order valence-electron chi connectivity index (χ4n) is 2.03. The number of thioether (sulfide) groups is 1. The van der Waals surface area contributed by atoms with Gasteiger partial charge in [0.1, 0.15) is 5.25 Å². The molecule has 0 aliphatic carbocycles. The predicted octanol–water partition coefficient (Wildman–Crippen LogP) is 4.66. The van der Waals surface area contributed by atoms with Gasteiger partial charge in [0.2, 0.25) is 0 Å². The Kier molecular flexibility index (Phi) is 6.45. The number of hydrogen-bond acceptors (Lipinski definition) is 4. The predicted molar refractivity (Wildman–Crippen MR) is 101 cm³/mol. The van der Waals surface area contributed by atoms with Crippen LogP contribution in [0.5, 0.6) is 0 Å². The van der Waals surface area contributed by atoms with E-state index < -0.39 is 5.25 Å². The lowest BCUT2D eigenvalue weighted by atomic mass is 10.2. The molecular formula is C18H18BrNO3S. The average molecular weight is 408 g/mol. The van der Waals surface area contributed by atoms with Crippen molar-refractivity contribution in [3.05, 3.63) is 58.1 Å². The number of benzene rings is 2. The molecule has 0 saturated carbocycles. The highest BCUT2D eigenvalue weighted by Gasteiger charge is 2.19. The van der Waals surface area contributed by atoms with Crippen molar-refractivity contribution < 1.29 is 14.3 Å². The summed E-state index contributed by atoms with van der Waals surface area (Å²) in [6.45, 7) is 3.73. The second-order valence-corrected chi connectivity index (χ2v) is 7.43. The minimum Gasteiger partial charge on any atom is -0.468 e. The number of anilines is 1. The summed E-state index contributed by atoms with van der Waals surface area (Å²) in [4.78, 5) is 24.9. The number of carbonyl (C=O) groups is 2. The lowest BCUT2D eigenvalue weighted by Gasteiger charge is -2.13. The van der Waals surface area contributed by atoms with Gasteiger partial charge in [-0.3, -0.25) is 9.59 Å². The molecule has 0 spiro atoms. The van der Waals surface area contributed by atoms with Crippen molar-refractivity contribution in [1.29, 1.82) is 0 Å². The van der Waals surface area contributed by atoms with E-state index in [2.05, 4.69) is 21.2 Å². The molecule has 24 heavy (non-hydrogen) atoms. The second kappa shape index (κ2) is 8.35. The molecule has 0 aromatic heterocycles. The number of hydrogen-bond donors (Lipinski definition) is 1. The molecule has 6 heteroatoms. The van der Waals surface area contributed by atoms with Crippen molar-refractivity contribution in [2.24, 2.45) is 0 Å². The first-order valence-electron chi connectivity index (χ1n) is 7.33. The Hall–Kier alpha value is -1.79. The maximum atomic E-state index is 12.6. The molecule has 0 aliphatic rings. The smallest absolute Gasteiger partial charge is 0.318 e. The summed E-state index contributed by atoms with van der Waals surface area (Å²) < 4.78 is 5.67. The molecule has 4 nitrogen and oxygen atoms in total. The van der Waals surface area contributed by atoms with E-state index >= 15 is 0 Å². The Labute approximate surface area is 154 Å². The van der Waals surface area contributed by atoms with Crippen LogP contribution in [0.25, 0.3) is 0 Å². The van der Waals surface area contributed by atoms with E-state index in [1.54, 1.807) is 19.1 Å². The van der Waals surface area contributed by atoms with Crippen molar-refractivity contribution in [1.82, 2.24) is 0 Å². The number of aryl methyl sites for hydroxylation is 1. The lowest BCUT2D eigenvalue weighted by molar-refractivity contribution is -0.139. The Morgan fingerprint density at radius 2 is 1.92 bits per heavy atom. The summed E-state index contributed by atoms with van der Waals surface area (Å²) in [5.74, 6) is -0.538. The highest BCUT2D eigenvalue weighted by molar-refractivity contribution is 9.10. The van der Waals surface area contributed by atoms with Gasteiger partial charge in [0.15, 0.2) is 0 Å². The largest absolute Gasteiger partial charge is 0.468 e. The molecule has 0 aliphatic heterocycles. The summed E-state index contributed by atoms with van der Waals surface area (Å²) in [7, 11) is 1.35. The van der Waals surface area contributed by atoms with Gasteiger partial charge in [0.05, 0.1) is 12.7 Å². The normalized spacial score (nSPS) is 11.7. The summed E-state index contributed by atoms with van der Waals surface area (Å²) in [6.07, 6.45) is 0. The summed E-state index contributed by atoms with van der Waals surface area (Å²) in [5, 5.41) is 2.49. The molecule has 126 valence electrons. The molecule has 0 saturated heterocycles. The Morgan fingerprint density at radius 1 is 1.21 bits per heavy atom. The fourth-order valence-corrected chi connectivity index (χ4v) is 3.43. The third-order valence-electron chi connectivity index (χ3n) is 3.40. The van der Waals surface area contributed by atoms with E-state index in [0.717, 1.165) is 14.9 Å². The highest BCUT2D eigenvalue weighted by atomic mass is 79.9. The maximum absolute atomic E-state index is 12.6. The van der Waals surface area contributed by atoms with Gasteiger partial charge in [0.25, 0.3) is 5.91 Å². The van der Waals surface area contributed by atoms with E-state index in [-0.39, 0.29) is 11.9 Å². The van der Waals surface area contributed by atoms with Crippen LogP contribution in [0.15, 0.2) is 51.8 Å². The maximum Gasteiger partial charge on any atom is 0.318 e. The first kappa shape index (κ1) is 18.5. The molecule has 1 N–H and O–H groups in total. The van der Waals surface area contributed by atoms with E-state index in [1.807, 2.05) is 37.3 Å². The first-order valence-corrected chi connectivity index (χ1v) is 9.00. The van der Waals surface area contributed by atoms with Gasteiger partial charge in [-0.1, -0.05) is 34.1 Å². The Bertz CT molecular complexity index is 764. The number of halogens is 1. The molecule has 0 fully saturated rings. The van der Waals surface area contributed by atoms with Crippen molar-refractivity contribution in [2.75, 3.05) is 12.4 Å². The number of nitrogens with one attached hydrogen (secondary N) is 1. The number of rotatable bonds is 5. The molecule has 0 radical (unpaired) electrons. The van der Waals surface area contributed by atoms with Gasteiger partial charge < -0.3 is 10.1 Å². The molecule has 2 aromatic carbocycles. The zero-order chi connectivity index (χ0) is 17.7. The molecule has 0 heterocycles. The van der Waals surface area contributed by atoms with Gasteiger partial charge in [-0.15, -0.1) is 11.8 Å². The minimum absolute atomic E-state index is 0.217. The van der Waals surface area contributed by atoms with Crippen molar-refractivity contribution >= 4 is 45.3 Å². The first-order chi connectivity index (χ1) is 11.4. The van der Waals surface area contributed by atoms with Gasteiger partial charge in [-0.25, -0.2) is 0 Å². The molecule has 2 aromatic rings. The van der Waals surface area contributed by atoms with Crippen LogP contribution in [0.3, 0.4) is 0 Å². The third-order valence-corrected chi connectivity index (χ3v) is 5.41. The highest BCUT2D eigenvalue weighted by Crippen LogP contribution is 2.28. The molecular weight excluding hydrogens is 390 g/mol. The SMILES string of the molecule is COC(=O)C(C)Sc1ccccc1C(=O)Nc1ccc(C)c(Br)c1. The molecule has 2 rings (SSSR count). The van der Waals surface area contributed by atoms with Crippen molar-refractivity contribution in [3.8, 4) is 0 Å². The number of esters is 1. The number of amides is 1. The van der Waals surface area contributed by atoms with Crippen LogP contribution >= 0.6 is 27.7 Å². The summed E-state index contributed by atoms with van der Waals surface area (Å²) in [6, 6.07) is 12.8. The van der Waals surface area contributed by atoms with Crippen molar-refractivity contribution in [3.63, 3.8) is 0 Å². The van der Waals surface area contributed by atoms with Crippen LogP contribution in [0, 0.1) is 6.92 Å². The monoisotopic (exact) mass is 407 g/mol. The van der Waals surface area contributed by atoms with Crippen LogP contribution < -0.4 is 5.32 Å².